The van der Waals surface area contributed by atoms with Gasteiger partial charge in [-0.25, -0.2) is 0 Å². The van der Waals surface area contributed by atoms with E-state index in [1.807, 2.05) is 6.92 Å². The minimum atomic E-state index is 0.0739. The van der Waals surface area contributed by atoms with E-state index in [0.717, 1.165) is 12.0 Å². The van der Waals surface area contributed by atoms with Gasteiger partial charge in [-0.3, -0.25) is 4.79 Å². The molecule has 0 aliphatic carbocycles. The first kappa shape index (κ1) is 13.9. The summed E-state index contributed by atoms with van der Waals surface area (Å²) in [6.07, 6.45) is 1.31. The van der Waals surface area contributed by atoms with Crippen LogP contribution >= 0.6 is 0 Å². The average Bonchev–Trinajstić information content (AvgIpc) is 2.30. The maximum absolute atomic E-state index is 11.9. The number of Topliss-reactive ketones (excluding diaryl/α,β-unsaturated/α-hetero) is 1. The molecule has 0 aliphatic rings. The molecule has 0 spiro atoms. The van der Waals surface area contributed by atoms with Crippen molar-refractivity contribution in [1.29, 1.82) is 0 Å². The van der Waals surface area contributed by atoms with E-state index in [0.29, 0.717) is 18.9 Å². The molecule has 1 rings (SSSR count). The van der Waals surface area contributed by atoms with Gasteiger partial charge in [-0.05, 0) is 30.0 Å². The average molecular weight is 233 g/mol. The number of ketones is 1. The molecule has 0 heterocycles. The summed E-state index contributed by atoms with van der Waals surface area (Å²) in [6, 6.07) is 8.34. The second kappa shape index (κ2) is 6.55. The molecular weight excluding hydrogens is 210 g/mol. The molecule has 1 unspecified atom stereocenters. The Morgan fingerprint density at radius 1 is 1.18 bits per heavy atom. The number of nitrogens with two attached hydrogens (primary N) is 1. The van der Waals surface area contributed by atoms with Crippen molar-refractivity contribution >= 4 is 5.78 Å². The van der Waals surface area contributed by atoms with Crippen LogP contribution < -0.4 is 5.73 Å². The lowest BCUT2D eigenvalue weighted by atomic mass is 9.95. The number of hydrogen-bond donors (Lipinski definition) is 1. The molecule has 0 radical (unpaired) electrons. The van der Waals surface area contributed by atoms with Crippen LogP contribution in [0, 0.1) is 5.92 Å². The Balaban J connectivity index is 2.60. The minimum absolute atomic E-state index is 0.0739. The van der Waals surface area contributed by atoms with Crippen molar-refractivity contribution in [2.75, 3.05) is 6.54 Å². The predicted molar refractivity (Wildman–Crippen MR) is 72.1 cm³/mol. The first-order chi connectivity index (χ1) is 8.04. The number of carbonyl (C=O) groups excluding carboxylic acids is 1. The van der Waals surface area contributed by atoms with Crippen molar-refractivity contribution < 1.29 is 4.79 Å². The summed E-state index contributed by atoms with van der Waals surface area (Å²) >= 11 is 0. The van der Waals surface area contributed by atoms with Crippen LogP contribution in [0.4, 0.5) is 0 Å². The highest BCUT2D eigenvalue weighted by atomic mass is 16.1. The monoisotopic (exact) mass is 233 g/mol. The van der Waals surface area contributed by atoms with Gasteiger partial charge in [0.15, 0.2) is 0 Å². The molecule has 0 aliphatic heterocycles. The van der Waals surface area contributed by atoms with Crippen molar-refractivity contribution in [1.82, 2.24) is 0 Å². The number of hydrogen-bond acceptors (Lipinski definition) is 2. The fourth-order valence-corrected chi connectivity index (χ4v) is 1.81. The van der Waals surface area contributed by atoms with Crippen molar-refractivity contribution in [2.45, 2.75) is 39.5 Å². The van der Waals surface area contributed by atoms with Crippen LogP contribution in [0.5, 0.6) is 0 Å². The van der Waals surface area contributed by atoms with E-state index in [-0.39, 0.29) is 11.7 Å². The SMILES string of the molecule is CC(CCN)C(=O)Cc1ccc(C(C)C)cc1. The normalized spacial score (nSPS) is 12.8. The third kappa shape index (κ3) is 4.31. The van der Waals surface area contributed by atoms with E-state index < -0.39 is 0 Å². The zero-order valence-electron chi connectivity index (χ0n) is 11.1. The van der Waals surface area contributed by atoms with E-state index in [9.17, 15) is 4.79 Å². The molecule has 17 heavy (non-hydrogen) atoms. The van der Waals surface area contributed by atoms with E-state index in [2.05, 4.69) is 38.1 Å². The van der Waals surface area contributed by atoms with E-state index in [1.54, 1.807) is 0 Å². The molecular formula is C15H23NO. The topological polar surface area (TPSA) is 43.1 Å². The molecule has 0 amide bonds. The van der Waals surface area contributed by atoms with Crippen LogP contribution in [-0.2, 0) is 11.2 Å². The Bertz CT molecular complexity index is 354. The summed E-state index contributed by atoms with van der Waals surface area (Å²) in [4.78, 5) is 11.9. The highest BCUT2D eigenvalue weighted by Gasteiger charge is 2.12. The van der Waals surface area contributed by atoms with Gasteiger partial charge in [-0.1, -0.05) is 45.0 Å². The van der Waals surface area contributed by atoms with Crippen LogP contribution in [0.15, 0.2) is 24.3 Å². The standard InChI is InChI=1S/C15H23NO/c1-11(2)14-6-4-13(5-7-14)10-15(17)12(3)8-9-16/h4-7,11-12H,8-10,16H2,1-3H3. The molecule has 0 saturated heterocycles. The van der Waals surface area contributed by atoms with Crippen molar-refractivity contribution in [3.63, 3.8) is 0 Å². The highest BCUT2D eigenvalue weighted by Crippen LogP contribution is 2.16. The van der Waals surface area contributed by atoms with Gasteiger partial charge in [0.2, 0.25) is 0 Å². The highest BCUT2D eigenvalue weighted by molar-refractivity contribution is 5.82. The molecule has 0 aromatic heterocycles. The molecule has 2 N–H and O–H groups in total. The molecule has 1 atom stereocenters. The van der Waals surface area contributed by atoms with Gasteiger partial charge in [0.1, 0.15) is 5.78 Å². The molecule has 0 fully saturated rings. The summed E-state index contributed by atoms with van der Waals surface area (Å²) < 4.78 is 0. The van der Waals surface area contributed by atoms with Gasteiger partial charge < -0.3 is 5.73 Å². The fraction of sp³-hybridized carbons (Fsp3) is 0.533. The Hall–Kier alpha value is -1.15. The molecule has 0 bridgehead atoms. The Labute approximate surface area is 104 Å². The second-order valence-corrected chi connectivity index (χ2v) is 5.02. The zero-order chi connectivity index (χ0) is 12.8. The summed E-state index contributed by atoms with van der Waals surface area (Å²) in [5.41, 5.74) is 7.88. The minimum Gasteiger partial charge on any atom is -0.330 e. The van der Waals surface area contributed by atoms with Crippen molar-refractivity contribution in [3.8, 4) is 0 Å². The van der Waals surface area contributed by atoms with Crippen molar-refractivity contribution in [2.24, 2.45) is 11.7 Å². The second-order valence-electron chi connectivity index (χ2n) is 5.02. The summed E-state index contributed by atoms with van der Waals surface area (Å²) in [7, 11) is 0. The molecule has 0 saturated carbocycles. The first-order valence-electron chi connectivity index (χ1n) is 6.36. The lowest BCUT2D eigenvalue weighted by Gasteiger charge is -2.10. The maximum atomic E-state index is 11.9. The van der Waals surface area contributed by atoms with Crippen LogP contribution in [0.25, 0.3) is 0 Å². The Kier molecular flexibility index (Phi) is 5.36. The molecule has 1 aromatic rings. The summed E-state index contributed by atoms with van der Waals surface area (Å²) in [5, 5.41) is 0. The summed E-state index contributed by atoms with van der Waals surface area (Å²) in [5.74, 6) is 0.897. The largest absolute Gasteiger partial charge is 0.330 e. The van der Waals surface area contributed by atoms with Gasteiger partial charge in [0, 0.05) is 12.3 Å². The number of benzene rings is 1. The number of rotatable bonds is 6. The van der Waals surface area contributed by atoms with Crippen LogP contribution in [-0.4, -0.2) is 12.3 Å². The van der Waals surface area contributed by atoms with Gasteiger partial charge in [0.05, 0.1) is 0 Å². The van der Waals surface area contributed by atoms with Crippen LogP contribution in [0.2, 0.25) is 0 Å². The molecule has 2 nitrogen and oxygen atoms in total. The molecule has 1 aromatic carbocycles. The third-order valence-electron chi connectivity index (χ3n) is 3.17. The smallest absolute Gasteiger partial charge is 0.140 e. The fourth-order valence-electron chi connectivity index (χ4n) is 1.81. The molecule has 2 heteroatoms. The van der Waals surface area contributed by atoms with Gasteiger partial charge >= 0.3 is 0 Å². The van der Waals surface area contributed by atoms with Crippen LogP contribution in [0.1, 0.15) is 44.2 Å². The van der Waals surface area contributed by atoms with Crippen molar-refractivity contribution in [3.05, 3.63) is 35.4 Å². The lowest BCUT2D eigenvalue weighted by Crippen LogP contribution is -2.17. The van der Waals surface area contributed by atoms with Gasteiger partial charge in [0.25, 0.3) is 0 Å². The Morgan fingerprint density at radius 3 is 2.24 bits per heavy atom. The van der Waals surface area contributed by atoms with Crippen LogP contribution in [0.3, 0.4) is 0 Å². The Morgan fingerprint density at radius 2 is 1.76 bits per heavy atom. The number of carbonyl (C=O) groups is 1. The van der Waals surface area contributed by atoms with Gasteiger partial charge in [-0.2, -0.15) is 0 Å². The van der Waals surface area contributed by atoms with E-state index in [1.165, 1.54) is 5.56 Å². The van der Waals surface area contributed by atoms with E-state index in [4.69, 9.17) is 5.73 Å². The third-order valence-corrected chi connectivity index (χ3v) is 3.17. The lowest BCUT2D eigenvalue weighted by molar-refractivity contribution is -0.121. The first-order valence-corrected chi connectivity index (χ1v) is 6.36. The summed E-state index contributed by atoms with van der Waals surface area (Å²) in [6.45, 7) is 6.88. The van der Waals surface area contributed by atoms with E-state index >= 15 is 0 Å². The predicted octanol–water partition coefficient (Wildman–Crippen LogP) is 2.91. The zero-order valence-corrected chi connectivity index (χ0v) is 11.1. The van der Waals surface area contributed by atoms with Gasteiger partial charge in [-0.15, -0.1) is 0 Å². The molecule has 94 valence electrons. The maximum Gasteiger partial charge on any atom is 0.140 e. The quantitative estimate of drug-likeness (QED) is 0.821.